The van der Waals surface area contributed by atoms with Crippen molar-refractivity contribution in [3.63, 3.8) is 0 Å². The number of nitrogens with one attached hydrogen (secondary N) is 1. The average molecular weight is 270 g/mol. The van der Waals surface area contributed by atoms with E-state index in [1.807, 2.05) is 0 Å². The maximum atomic E-state index is 11.4. The first-order valence-electron chi connectivity index (χ1n) is 5.23. The number of imidazole rings is 1. The molecular formula is C9H10N4O4S. The maximum absolute atomic E-state index is 11.4. The molecule has 3 heterocycles. The SMILES string of the molecule is O=c1[nH]cnc2c1ncn2O[C@@H]1CS[C@@H](CO)O1. The number of hydrogen-bond donors (Lipinski definition) is 2. The van der Waals surface area contributed by atoms with Crippen LogP contribution in [-0.4, -0.2) is 48.9 Å². The zero-order valence-corrected chi connectivity index (χ0v) is 9.96. The molecule has 18 heavy (non-hydrogen) atoms. The van der Waals surface area contributed by atoms with E-state index in [0.29, 0.717) is 11.4 Å². The summed E-state index contributed by atoms with van der Waals surface area (Å²) in [4.78, 5) is 27.3. The minimum atomic E-state index is -0.495. The number of aliphatic hydroxyl groups is 1. The molecule has 2 atom stereocenters. The highest BCUT2D eigenvalue weighted by Gasteiger charge is 2.27. The van der Waals surface area contributed by atoms with Crippen molar-refractivity contribution in [3.8, 4) is 0 Å². The highest BCUT2D eigenvalue weighted by molar-refractivity contribution is 8.00. The lowest BCUT2D eigenvalue weighted by Gasteiger charge is -2.13. The number of rotatable bonds is 3. The number of aromatic nitrogens is 4. The van der Waals surface area contributed by atoms with Gasteiger partial charge < -0.3 is 19.7 Å². The molecule has 96 valence electrons. The second-order valence-corrected chi connectivity index (χ2v) is 4.78. The summed E-state index contributed by atoms with van der Waals surface area (Å²) in [5.41, 5.74) is -0.0555. The van der Waals surface area contributed by atoms with Crippen LogP contribution in [0.25, 0.3) is 11.2 Å². The summed E-state index contributed by atoms with van der Waals surface area (Å²) < 4.78 is 6.69. The Morgan fingerprint density at radius 1 is 1.67 bits per heavy atom. The van der Waals surface area contributed by atoms with Crippen molar-refractivity contribution in [2.45, 2.75) is 11.7 Å². The molecule has 0 aliphatic carbocycles. The van der Waals surface area contributed by atoms with Gasteiger partial charge in [0.2, 0.25) is 11.9 Å². The fourth-order valence-electron chi connectivity index (χ4n) is 1.61. The van der Waals surface area contributed by atoms with E-state index in [-0.39, 0.29) is 23.1 Å². The lowest BCUT2D eigenvalue weighted by Crippen LogP contribution is -2.28. The zero-order valence-electron chi connectivity index (χ0n) is 9.15. The third-order valence-electron chi connectivity index (χ3n) is 2.41. The van der Waals surface area contributed by atoms with Gasteiger partial charge in [-0.15, -0.1) is 16.5 Å². The van der Waals surface area contributed by atoms with Gasteiger partial charge in [0, 0.05) is 0 Å². The first kappa shape index (κ1) is 11.5. The van der Waals surface area contributed by atoms with Gasteiger partial charge in [0.15, 0.2) is 5.52 Å². The molecule has 1 aliphatic heterocycles. The van der Waals surface area contributed by atoms with E-state index in [2.05, 4.69) is 15.0 Å². The van der Waals surface area contributed by atoms with Crippen LogP contribution in [0.1, 0.15) is 0 Å². The third kappa shape index (κ3) is 1.96. The molecule has 2 aromatic heterocycles. The van der Waals surface area contributed by atoms with E-state index >= 15 is 0 Å². The number of H-pyrrole nitrogens is 1. The number of fused-ring (bicyclic) bond motifs is 1. The van der Waals surface area contributed by atoms with Crippen LogP contribution in [0.4, 0.5) is 0 Å². The van der Waals surface area contributed by atoms with Crippen molar-refractivity contribution in [1.29, 1.82) is 0 Å². The van der Waals surface area contributed by atoms with Gasteiger partial charge in [-0.2, -0.15) is 0 Å². The van der Waals surface area contributed by atoms with Crippen molar-refractivity contribution < 1.29 is 14.7 Å². The molecule has 2 N–H and O–H groups in total. The number of aromatic amines is 1. The van der Waals surface area contributed by atoms with Gasteiger partial charge in [-0.25, -0.2) is 9.97 Å². The van der Waals surface area contributed by atoms with Gasteiger partial charge in [0.05, 0.1) is 18.7 Å². The maximum Gasteiger partial charge on any atom is 0.279 e. The van der Waals surface area contributed by atoms with Crippen molar-refractivity contribution in [1.82, 2.24) is 19.7 Å². The van der Waals surface area contributed by atoms with Crippen LogP contribution in [0.2, 0.25) is 0 Å². The van der Waals surface area contributed by atoms with Gasteiger partial charge in [-0.1, -0.05) is 0 Å². The minimum Gasteiger partial charge on any atom is -0.393 e. The summed E-state index contributed by atoms with van der Waals surface area (Å²) in [6.07, 6.45) is 2.16. The normalized spacial score (nSPS) is 23.6. The lowest BCUT2D eigenvalue weighted by molar-refractivity contribution is -0.132. The Kier molecular flexibility index (Phi) is 2.94. The Balaban J connectivity index is 1.83. The first-order chi connectivity index (χ1) is 8.78. The third-order valence-corrected chi connectivity index (χ3v) is 3.51. The summed E-state index contributed by atoms with van der Waals surface area (Å²) >= 11 is 1.46. The van der Waals surface area contributed by atoms with Gasteiger partial charge in [-0.3, -0.25) is 4.79 Å². The predicted octanol–water partition coefficient (Wildman–Crippen LogP) is -1.04. The Bertz CT molecular complexity index is 612. The molecule has 0 amide bonds. The molecule has 1 aliphatic rings. The number of thioether (sulfide) groups is 1. The first-order valence-corrected chi connectivity index (χ1v) is 6.28. The second kappa shape index (κ2) is 4.59. The molecule has 1 fully saturated rings. The summed E-state index contributed by atoms with van der Waals surface area (Å²) in [6, 6.07) is 0. The van der Waals surface area contributed by atoms with Crippen molar-refractivity contribution in [2.24, 2.45) is 0 Å². The summed E-state index contributed by atoms with van der Waals surface area (Å²) in [7, 11) is 0. The molecule has 9 heteroatoms. The Morgan fingerprint density at radius 3 is 3.33 bits per heavy atom. The zero-order chi connectivity index (χ0) is 12.5. The standard InChI is InChI=1S/C9H10N4O4S/c14-1-6-16-5(2-18-6)17-13-4-12-7-8(13)10-3-11-9(7)15/h3-6,14H,1-2H2,(H,10,11,15)/t5-,6+/m1/s1. The Morgan fingerprint density at radius 2 is 2.56 bits per heavy atom. The molecule has 0 unspecified atom stereocenters. The van der Waals surface area contributed by atoms with Crippen LogP contribution in [0.5, 0.6) is 0 Å². The van der Waals surface area contributed by atoms with E-state index in [1.54, 1.807) is 0 Å². The van der Waals surface area contributed by atoms with Crippen LogP contribution < -0.4 is 10.4 Å². The quantitative estimate of drug-likeness (QED) is 0.734. The van der Waals surface area contributed by atoms with E-state index in [1.165, 1.54) is 29.1 Å². The number of aliphatic hydroxyl groups excluding tert-OH is 1. The fourth-order valence-corrected chi connectivity index (χ4v) is 2.43. The number of ether oxygens (including phenoxy) is 1. The molecule has 3 rings (SSSR count). The summed E-state index contributed by atoms with van der Waals surface area (Å²) in [6.45, 7) is -0.0624. The van der Waals surface area contributed by atoms with Crippen molar-refractivity contribution in [2.75, 3.05) is 12.4 Å². The van der Waals surface area contributed by atoms with E-state index < -0.39 is 6.29 Å². The average Bonchev–Trinajstić information content (AvgIpc) is 2.98. The molecule has 0 saturated carbocycles. The lowest BCUT2D eigenvalue weighted by atomic mass is 10.5. The molecule has 0 radical (unpaired) electrons. The topological polar surface area (TPSA) is 102 Å². The van der Waals surface area contributed by atoms with Crippen LogP contribution in [0.3, 0.4) is 0 Å². The molecule has 2 aromatic rings. The Hall–Kier alpha value is -1.58. The van der Waals surface area contributed by atoms with Gasteiger partial charge >= 0.3 is 0 Å². The molecular weight excluding hydrogens is 260 g/mol. The number of nitrogens with zero attached hydrogens (tertiary/aromatic N) is 3. The summed E-state index contributed by atoms with van der Waals surface area (Å²) in [5, 5.41) is 8.94. The number of hydrogen-bond acceptors (Lipinski definition) is 7. The molecule has 1 saturated heterocycles. The predicted molar refractivity (Wildman–Crippen MR) is 62.9 cm³/mol. The van der Waals surface area contributed by atoms with Gasteiger partial charge in [0.25, 0.3) is 5.56 Å². The molecule has 0 bridgehead atoms. The minimum absolute atomic E-state index is 0.0624. The van der Waals surface area contributed by atoms with E-state index in [9.17, 15) is 4.79 Å². The van der Waals surface area contributed by atoms with Crippen molar-refractivity contribution in [3.05, 3.63) is 23.0 Å². The van der Waals surface area contributed by atoms with E-state index in [0.717, 1.165) is 0 Å². The van der Waals surface area contributed by atoms with Gasteiger partial charge in [-0.05, 0) is 0 Å². The second-order valence-electron chi connectivity index (χ2n) is 3.59. The Labute approximate surface area is 105 Å². The van der Waals surface area contributed by atoms with Crippen LogP contribution in [-0.2, 0) is 4.74 Å². The van der Waals surface area contributed by atoms with Crippen LogP contribution in [0.15, 0.2) is 17.4 Å². The highest BCUT2D eigenvalue weighted by atomic mass is 32.2. The molecule has 0 spiro atoms. The van der Waals surface area contributed by atoms with E-state index in [4.69, 9.17) is 14.7 Å². The fraction of sp³-hybridized carbons (Fsp3) is 0.444. The van der Waals surface area contributed by atoms with Crippen LogP contribution >= 0.6 is 11.8 Å². The molecule has 0 aromatic carbocycles. The molecule has 8 nitrogen and oxygen atoms in total. The largest absolute Gasteiger partial charge is 0.393 e. The van der Waals surface area contributed by atoms with Gasteiger partial charge in [0.1, 0.15) is 11.8 Å². The monoisotopic (exact) mass is 270 g/mol. The smallest absolute Gasteiger partial charge is 0.279 e. The summed E-state index contributed by atoms with van der Waals surface area (Å²) in [5.74, 6) is 0.591. The highest BCUT2D eigenvalue weighted by Crippen LogP contribution is 2.24. The van der Waals surface area contributed by atoms with Crippen molar-refractivity contribution >= 4 is 22.9 Å². The van der Waals surface area contributed by atoms with Crippen LogP contribution in [0, 0.1) is 0 Å².